The number of nitrogens with zero attached hydrogens (tertiary/aromatic N) is 1. The maximum atomic E-state index is 13.2. The molecule has 0 fully saturated rings. The van der Waals surface area contributed by atoms with E-state index in [1.807, 2.05) is 30.3 Å². The summed E-state index contributed by atoms with van der Waals surface area (Å²) >= 11 is 12.6. The van der Waals surface area contributed by atoms with Crippen LogP contribution in [0.15, 0.2) is 59.0 Å². The molecule has 2 heterocycles. The number of aliphatic hydroxyl groups excluding tert-OH is 1. The average molecular weight is 497 g/mol. The third-order valence-electron chi connectivity index (χ3n) is 5.26. The van der Waals surface area contributed by atoms with Gasteiger partial charge in [0.05, 0.1) is 11.1 Å². The van der Waals surface area contributed by atoms with Gasteiger partial charge in [0.15, 0.2) is 5.76 Å². The van der Waals surface area contributed by atoms with E-state index in [0.29, 0.717) is 32.3 Å². The number of aromatic nitrogens is 1. The summed E-state index contributed by atoms with van der Waals surface area (Å²) in [5.41, 5.74) is 2.28. The quantitative estimate of drug-likeness (QED) is 0.302. The summed E-state index contributed by atoms with van der Waals surface area (Å²) < 4.78 is 5.92. The first-order valence-corrected chi connectivity index (χ1v) is 11.3. The van der Waals surface area contributed by atoms with Crippen LogP contribution in [0.3, 0.4) is 0 Å². The monoisotopic (exact) mass is 496 g/mol. The van der Waals surface area contributed by atoms with Gasteiger partial charge in [0.1, 0.15) is 12.3 Å². The number of nitrogens with one attached hydrogen (secondary N) is 1. The third kappa shape index (κ3) is 4.57. The zero-order valence-electron chi connectivity index (χ0n) is 18.8. The fraction of sp³-hybridized carbons (Fsp3) is 0.192. The van der Waals surface area contributed by atoms with Gasteiger partial charge in [0.25, 0.3) is 0 Å². The van der Waals surface area contributed by atoms with Gasteiger partial charge < -0.3 is 14.8 Å². The Bertz CT molecular complexity index is 1400. The minimum absolute atomic E-state index is 0.0323. The topological polar surface area (TPSA) is 92.4 Å². The van der Waals surface area contributed by atoms with Crippen molar-refractivity contribution in [1.29, 1.82) is 0 Å². The lowest BCUT2D eigenvalue weighted by Crippen LogP contribution is -2.22. The van der Waals surface area contributed by atoms with E-state index < -0.39 is 17.9 Å². The van der Waals surface area contributed by atoms with Crippen LogP contribution in [0.5, 0.6) is 0 Å². The molecule has 2 aromatic heterocycles. The Hall–Kier alpha value is -3.19. The van der Waals surface area contributed by atoms with Crippen LogP contribution < -0.4 is 5.32 Å². The Labute approximate surface area is 206 Å². The molecule has 0 saturated heterocycles. The summed E-state index contributed by atoms with van der Waals surface area (Å²) in [5.74, 6) is -1.02. The Morgan fingerprint density at radius 2 is 1.71 bits per heavy atom. The lowest BCUT2D eigenvalue weighted by atomic mass is 9.88. The molecule has 0 atom stereocenters. The molecule has 0 spiro atoms. The molecule has 0 aliphatic rings. The second-order valence-electron chi connectivity index (χ2n) is 8.82. The van der Waals surface area contributed by atoms with E-state index in [-0.39, 0.29) is 22.9 Å². The molecule has 2 aromatic carbocycles. The number of hydrogen-bond donors (Lipinski definition) is 2. The van der Waals surface area contributed by atoms with Crippen molar-refractivity contribution < 1.29 is 19.1 Å². The number of Topliss-reactive ketones (excluding diaryl/α,β-unsaturated/α-hetero) is 1. The summed E-state index contributed by atoms with van der Waals surface area (Å²) in [6.45, 7) is 4.51. The van der Waals surface area contributed by atoms with E-state index in [9.17, 15) is 14.7 Å². The molecule has 0 radical (unpaired) electrons. The minimum Gasteiger partial charge on any atom is -0.432 e. The number of anilines is 1. The zero-order valence-corrected chi connectivity index (χ0v) is 20.3. The second-order valence-corrected chi connectivity index (χ2v) is 9.66. The van der Waals surface area contributed by atoms with Crippen molar-refractivity contribution >= 4 is 51.7 Å². The van der Waals surface area contributed by atoms with Crippen LogP contribution >= 0.6 is 23.2 Å². The van der Waals surface area contributed by atoms with Gasteiger partial charge in [-0.2, -0.15) is 0 Å². The van der Waals surface area contributed by atoms with Crippen molar-refractivity contribution in [3.05, 3.63) is 70.4 Å². The number of carbonyl (C=O) groups is 2. The van der Waals surface area contributed by atoms with Crippen LogP contribution in [0.4, 0.5) is 5.69 Å². The summed E-state index contributed by atoms with van der Waals surface area (Å²) in [7, 11) is 0. The zero-order chi connectivity index (χ0) is 24.6. The van der Waals surface area contributed by atoms with Crippen molar-refractivity contribution in [1.82, 2.24) is 4.98 Å². The molecule has 2 N–H and O–H groups in total. The number of aliphatic hydroxyl groups is 1. The number of pyridine rings is 1. The molecule has 0 bridgehead atoms. The first-order chi connectivity index (χ1) is 16.1. The van der Waals surface area contributed by atoms with Crippen molar-refractivity contribution in [2.24, 2.45) is 5.41 Å². The van der Waals surface area contributed by atoms with Gasteiger partial charge in [0, 0.05) is 26.6 Å². The van der Waals surface area contributed by atoms with Crippen LogP contribution in [-0.4, -0.2) is 28.4 Å². The molecule has 4 rings (SSSR count). The predicted molar refractivity (Wildman–Crippen MR) is 134 cm³/mol. The highest BCUT2D eigenvalue weighted by Gasteiger charge is 2.32. The number of benzene rings is 2. The molecular weight excluding hydrogens is 475 g/mol. The van der Waals surface area contributed by atoms with Gasteiger partial charge in [0.2, 0.25) is 17.4 Å². The van der Waals surface area contributed by atoms with Crippen LogP contribution in [0.2, 0.25) is 10.0 Å². The fourth-order valence-electron chi connectivity index (χ4n) is 3.53. The molecule has 8 heteroatoms. The second kappa shape index (κ2) is 9.22. The smallest absolute Gasteiger partial charge is 0.250 e. The largest absolute Gasteiger partial charge is 0.432 e. The summed E-state index contributed by atoms with van der Waals surface area (Å²) in [6.07, 6.45) is 0. The molecule has 174 valence electrons. The summed E-state index contributed by atoms with van der Waals surface area (Å²) in [6, 6.07) is 16.3. The van der Waals surface area contributed by atoms with Crippen molar-refractivity contribution in [3.63, 3.8) is 0 Å². The Morgan fingerprint density at radius 1 is 1.03 bits per heavy atom. The number of carbonyl (C=O) groups excluding carboxylic acids is 2. The van der Waals surface area contributed by atoms with Gasteiger partial charge in [-0.05, 0) is 29.8 Å². The highest BCUT2D eigenvalue weighted by atomic mass is 35.5. The molecule has 34 heavy (non-hydrogen) atoms. The number of hydrogen-bond acceptors (Lipinski definition) is 5. The van der Waals surface area contributed by atoms with Gasteiger partial charge in [-0.25, -0.2) is 4.98 Å². The number of rotatable bonds is 5. The van der Waals surface area contributed by atoms with Gasteiger partial charge in [-0.1, -0.05) is 74.3 Å². The number of halogens is 2. The molecule has 1 amide bonds. The first kappa shape index (κ1) is 24.0. The predicted octanol–water partition coefficient (Wildman–Crippen LogP) is 6.63. The van der Waals surface area contributed by atoms with Gasteiger partial charge in [-0.3, -0.25) is 9.59 Å². The van der Waals surface area contributed by atoms with Gasteiger partial charge >= 0.3 is 0 Å². The molecule has 0 aliphatic heterocycles. The Balaban J connectivity index is 2.07. The van der Waals surface area contributed by atoms with Crippen LogP contribution in [0.25, 0.3) is 33.5 Å². The van der Waals surface area contributed by atoms with Gasteiger partial charge in [-0.15, -0.1) is 0 Å². The minimum atomic E-state index is -0.781. The molecule has 6 nitrogen and oxygen atoms in total. The SMILES string of the molecule is CC(C)(C)C(=O)c1oc2nc(-c3ccccc3Cl)c(-c3ccc(Cl)cc3)cc2c1NC(=O)CO. The Kier molecular flexibility index (Phi) is 6.49. The number of amides is 1. The number of furan rings is 1. The van der Waals surface area contributed by atoms with Crippen LogP contribution in [0.1, 0.15) is 31.3 Å². The summed E-state index contributed by atoms with van der Waals surface area (Å²) in [5, 5.41) is 13.4. The first-order valence-electron chi connectivity index (χ1n) is 10.5. The maximum absolute atomic E-state index is 13.2. The third-order valence-corrected chi connectivity index (χ3v) is 5.84. The lowest BCUT2D eigenvalue weighted by molar-refractivity contribution is -0.118. The lowest BCUT2D eigenvalue weighted by Gasteiger charge is -2.15. The van der Waals surface area contributed by atoms with E-state index >= 15 is 0 Å². The van der Waals surface area contributed by atoms with E-state index in [4.69, 9.17) is 32.6 Å². The molecule has 0 unspecified atom stereocenters. The van der Waals surface area contributed by atoms with E-state index in [0.717, 1.165) is 5.56 Å². The van der Waals surface area contributed by atoms with E-state index in [2.05, 4.69) is 5.32 Å². The molecule has 0 saturated carbocycles. The summed E-state index contributed by atoms with van der Waals surface area (Å²) in [4.78, 5) is 30.0. The highest BCUT2D eigenvalue weighted by molar-refractivity contribution is 6.33. The number of fused-ring (bicyclic) bond motifs is 1. The standard InChI is InChI=1S/C26H22Cl2N2O4/c1-26(2,3)24(33)23-22(29-20(32)13-31)18-12-17(14-8-10-15(27)11-9-14)21(30-25(18)34-23)16-6-4-5-7-19(16)28/h4-12,31H,13H2,1-3H3,(H,29,32). The van der Waals surface area contributed by atoms with Crippen LogP contribution in [-0.2, 0) is 4.79 Å². The van der Waals surface area contributed by atoms with Crippen LogP contribution in [0, 0.1) is 5.41 Å². The maximum Gasteiger partial charge on any atom is 0.250 e. The normalized spacial score (nSPS) is 11.6. The van der Waals surface area contributed by atoms with Crippen molar-refractivity contribution in [2.45, 2.75) is 20.8 Å². The highest BCUT2D eigenvalue weighted by Crippen LogP contribution is 2.41. The van der Waals surface area contributed by atoms with Crippen molar-refractivity contribution in [3.8, 4) is 22.4 Å². The van der Waals surface area contributed by atoms with E-state index in [1.54, 1.807) is 45.0 Å². The van der Waals surface area contributed by atoms with Crippen molar-refractivity contribution in [2.75, 3.05) is 11.9 Å². The molecule has 0 aliphatic carbocycles. The molecule has 4 aromatic rings. The fourth-order valence-corrected chi connectivity index (χ4v) is 3.89. The molecular formula is C26H22Cl2N2O4. The average Bonchev–Trinajstić information content (AvgIpc) is 3.15. The van der Waals surface area contributed by atoms with E-state index in [1.165, 1.54) is 0 Å². The number of ketones is 1. The Morgan fingerprint density at radius 3 is 2.32 bits per heavy atom.